The van der Waals surface area contributed by atoms with Crippen molar-refractivity contribution in [2.24, 2.45) is 5.92 Å². The highest BCUT2D eigenvalue weighted by atomic mass is 16.7. The molecule has 4 nitrogen and oxygen atoms in total. The summed E-state index contributed by atoms with van der Waals surface area (Å²) >= 11 is 0. The Morgan fingerprint density at radius 3 is 2.61 bits per heavy atom. The van der Waals surface area contributed by atoms with Gasteiger partial charge in [-0.25, -0.2) is 0 Å². The van der Waals surface area contributed by atoms with Crippen LogP contribution in [-0.4, -0.2) is 44.9 Å². The van der Waals surface area contributed by atoms with Crippen LogP contribution in [0.25, 0.3) is 0 Å². The van der Waals surface area contributed by atoms with E-state index in [1.165, 1.54) is 0 Å². The smallest absolute Gasteiger partial charge is 0.157 e. The van der Waals surface area contributed by atoms with E-state index >= 15 is 0 Å². The van der Waals surface area contributed by atoms with Crippen molar-refractivity contribution in [3.8, 4) is 0 Å². The predicted molar refractivity (Wildman–Crippen MR) is 70.3 cm³/mol. The maximum atomic E-state index is 10.7. The van der Waals surface area contributed by atoms with E-state index < -0.39 is 5.60 Å². The van der Waals surface area contributed by atoms with Gasteiger partial charge in [-0.2, -0.15) is 0 Å². The van der Waals surface area contributed by atoms with Crippen LogP contribution in [0.4, 0.5) is 0 Å². The molecule has 1 saturated carbocycles. The van der Waals surface area contributed by atoms with Gasteiger partial charge in [0.05, 0.1) is 12.2 Å². The average molecular weight is 258 g/mol. The van der Waals surface area contributed by atoms with Gasteiger partial charge in [-0.1, -0.05) is 25.0 Å². The van der Waals surface area contributed by atoms with Crippen LogP contribution in [-0.2, 0) is 14.2 Å². The topological polar surface area (TPSA) is 47.9 Å². The van der Waals surface area contributed by atoms with Crippen LogP contribution >= 0.6 is 0 Å². The number of hydrogen-bond acceptors (Lipinski definition) is 4. The first-order valence-corrected chi connectivity index (χ1v) is 6.61. The van der Waals surface area contributed by atoms with Gasteiger partial charge in [-0.05, 0) is 18.8 Å². The third-order valence-electron chi connectivity index (χ3n) is 3.76. The molecule has 0 amide bonds. The largest absolute Gasteiger partial charge is 0.386 e. The van der Waals surface area contributed by atoms with E-state index in [-0.39, 0.29) is 12.2 Å². The van der Waals surface area contributed by atoms with E-state index in [4.69, 9.17) is 14.2 Å². The summed E-state index contributed by atoms with van der Waals surface area (Å²) in [5, 5.41) is 10.7. The summed E-state index contributed by atoms with van der Waals surface area (Å²) in [6, 6.07) is 0. The van der Waals surface area contributed by atoms with Gasteiger partial charge in [0, 0.05) is 27.8 Å². The van der Waals surface area contributed by atoms with E-state index in [2.05, 4.69) is 0 Å². The Labute approximate surface area is 110 Å². The highest BCUT2D eigenvalue weighted by molar-refractivity contribution is 5.06. The van der Waals surface area contributed by atoms with Crippen molar-refractivity contribution in [3.63, 3.8) is 0 Å². The lowest BCUT2D eigenvalue weighted by molar-refractivity contribution is -0.133. The lowest BCUT2D eigenvalue weighted by Crippen LogP contribution is -2.41. The van der Waals surface area contributed by atoms with E-state index in [0.717, 1.165) is 32.1 Å². The monoisotopic (exact) mass is 258 g/mol. The molecule has 1 aliphatic carbocycles. The Bertz CT molecular complexity index is 250. The van der Waals surface area contributed by atoms with Crippen molar-refractivity contribution in [3.05, 3.63) is 12.2 Å². The van der Waals surface area contributed by atoms with Crippen LogP contribution in [0, 0.1) is 5.92 Å². The minimum absolute atomic E-state index is 0.184. The van der Waals surface area contributed by atoms with Gasteiger partial charge in [-0.3, -0.25) is 0 Å². The van der Waals surface area contributed by atoms with Gasteiger partial charge < -0.3 is 19.3 Å². The Balaban J connectivity index is 2.65. The first kappa shape index (κ1) is 15.6. The van der Waals surface area contributed by atoms with Crippen molar-refractivity contribution in [2.45, 2.75) is 44.0 Å². The highest BCUT2D eigenvalue weighted by Gasteiger charge is 2.37. The molecule has 106 valence electrons. The van der Waals surface area contributed by atoms with Gasteiger partial charge in [0.1, 0.15) is 0 Å². The zero-order valence-electron chi connectivity index (χ0n) is 11.7. The molecule has 0 bridgehead atoms. The van der Waals surface area contributed by atoms with E-state index in [0.29, 0.717) is 6.61 Å². The second kappa shape index (κ2) is 7.89. The highest BCUT2D eigenvalue weighted by Crippen LogP contribution is 2.38. The van der Waals surface area contributed by atoms with Crippen molar-refractivity contribution in [2.75, 3.05) is 27.9 Å². The zero-order valence-corrected chi connectivity index (χ0v) is 11.7. The molecule has 0 heterocycles. The normalized spacial score (nSPS) is 29.3. The summed E-state index contributed by atoms with van der Waals surface area (Å²) in [6.45, 7) is 0.535. The molecule has 0 aromatic heterocycles. The quantitative estimate of drug-likeness (QED) is 0.561. The summed E-state index contributed by atoms with van der Waals surface area (Å²) in [5.74, 6) is 0.184. The first-order valence-electron chi connectivity index (χ1n) is 6.61. The SMILES string of the molecule is COC/C=C\[C@@]1(O)CCCC[C@@H]1CC(OC)OC. The van der Waals surface area contributed by atoms with Crippen molar-refractivity contribution >= 4 is 0 Å². The van der Waals surface area contributed by atoms with Crippen LogP contribution in [0.3, 0.4) is 0 Å². The molecule has 0 spiro atoms. The number of aliphatic hydroxyl groups is 1. The Morgan fingerprint density at radius 1 is 1.28 bits per heavy atom. The van der Waals surface area contributed by atoms with Crippen LogP contribution < -0.4 is 0 Å². The minimum atomic E-state index is -0.744. The molecular formula is C14H26O4. The summed E-state index contributed by atoms with van der Waals surface area (Å²) in [4.78, 5) is 0. The van der Waals surface area contributed by atoms with Gasteiger partial charge in [0.25, 0.3) is 0 Å². The van der Waals surface area contributed by atoms with Gasteiger partial charge in [0.15, 0.2) is 6.29 Å². The number of ether oxygens (including phenoxy) is 3. The Hall–Kier alpha value is -0.420. The van der Waals surface area contributed by atoms with Crippen molar-refractivity contribution < 1.29 is 19.3 Å². The summed E-state index contributed by atoms with van der Waals surface area (Å²) in [6.07, 6.45) is 8.31. The Kier molecular flexibility index (Phi) is 6.86. The second-order valence-electron chi connectivity index (χ2n) is 4.93. The molecule has 0 aliphatic heterocycles. The molecular weight excluding hydrogens is 232 g/mol. The molecule has 18 heavy (non-hydrogen) atoms. The van der Waals surface area contributed by atoms with Crippen LogP contribution in [0.2, 0.25) is 0 Å². The lowest BCUT2D eigenvalue weighted by atomic mass is 9.73. The van der Waals surface area contributed by atoms with Crippen LogP contribution in [0.1, 0.15) is 32.1 Å². The van der Waals surface area contributed by atoms with Gasteiger partial charge >= 0.3 is 0 Å². The van der Waals surface area contributed by atoms with Crippen LogP contribution in [0.5, 0.6) is 0 Å². The molecule has 0 aromatic carbocycles. The summed E-state index contributed by atoms with van der Waals surface area (Å²) < 4.78 is 15.5. The number of hydrogen-bond donors (Lipinski definition) is 1. The van der Waals surface area contributed by atoms with Crippen LogP contribution in [0.15, 0.2) is 12.2 Å². The van der Waals surface area contributed by atoms with Crippen molar-refractivity contribution in [1.82, 2.24) is 0 Å². The molecule has 0 saturated heterocycles. The maximum Gasteiger partial charge on any atom is 0.157 e. The first-order chi connectivity index (χ1) is 8.66. The summed E-state index contributed by atoms with van der Waals surface area (Å²) in [5.41, 5.74) is -0.744. The van der Waals surface area contributed by atoms with Gasteiger partial charge in [0.2, 0.25) is 0 Å². The minimum Gasteiger partial charge on any atom is -0.386 e. The second-order valence-corrected chi connectivity index (χ2v) is 4.93. The molecule has 0 aromatic rings. The lowest BCUT2D eigenvalue weighted by Gasteiger charge is -2.39. The number of rotatable bonds is 7. The molecule has 1 N–H and O–H groups in total. The average Bonchev–Trinajstić information content (AvgIpc) is 2.38. The molecule has 1 aliphatic rings. The fourth-order valence-corrected chi connectivity index (χ4v) is 2.66. The maximum absolute atomic E-state index is 10.7. The van der Waals surface area contributed by atoms with E-state index in [1.54, 1.807) is 21.3 Å². The molecule has 0 radical (unpaired) electrons. The fourth-order valence-electron chi connectivity index (χ4n) is 2.66. The predicted octanol–water partition coefficient (Wildman–Crippen LogP) is 2.12. The van der Waals surface area contributed by atoms with Gasteiger partial charge in [-0.15, -0.1) is 0 Å². The molecule has 2 atom stereocenters. The fraction of sp³-hybridized carbons (Fsp3) is 0.857. The molecule has 0 unspecified atom stereocenters. The molecule has 1 fully saturated rings. The molecule has 4 heteroatoms. The third kappa shape index (κ3) is 4.35. The zero-order chi connectivity index (χ0) is 13.4. The Morgan fingerprint density at radius 2 is 2.00 bits per heavy atom. The number of methoxy groups -OCH3 is 3. The summed E-state index contributed by atoms with van der Waals surface area (Å²) in [7, 11) is 4.92. The molecule has 1 rings (SSSR count). The van der Waals surface area contributed by atoms with Crippen molar-refractivity contribution in [1.29, 1.82) is 0 Å². The van der Waals surface area contributed by atoms with E-state index in [1.807, 2.05) is 12.2 Å². The standard InChI is InChI=1S/C14H26O4/c1-16-10-6-9-14(15)8-5-4-7-12(14)11-13(17-2)18-3/h6,9,12-13,15H,4-5,7-8,10-11H2,1-3H3/b9-6-/t12-,14+/m1/s1. The third-order valence-corrected chi connectivity index (χ3v) is 3.76. The van der Waals surface area contributed by atoms with E-state index in [9.17, 15) is 5.11 Å².